The van der Waals surface area contributed by atoms with E-state index in [9.17, 15) is 14.6 Å². The molecule has 0 aliphatic carbocycles. The lowest BCUT2D eigenvalue weighted by atomic mass is 10.0. The largest absolute Gasteiger partial charge is 0.507 e. The first-order valence-electron chi connectivity index (χ1n) is 4.44. The van der Waals surface area contributed by atoms with Gasteiger partial charge in [0.15, 0.2) is 0 Å². The molecule has 0 saturated heterocycles. The average molecular weight is 199 g/mol. The van der Waals surface area contributed by atoms with Crippen LogP contribution in [0, 0.1) is 12.7 Å². The van der Waals surface area contributed by atoms with E-state index in [4.69, 9.17) is 5.73 Å². The van der Waals surface area contributed by atoms with Crippen LogP contribution < -0.4 is 5.73 Å². The van der Waals surface area contributed by atoms with E-state index in [1.807, 2.05) is 0 Å². The van der Waals surface area contributed by atoms with E-state index < -0.39 is 11.9 Å². The molecule has 3 nitrogen and oxygen atoms in total. The molecule has 0 aliphatic heterocycles. The summed E-state index contributed by atoms with van der Waals surface area (Å²) in [6.45, 7) is 1.89. The van der Waals surface area contributed by atoms with Gasteiger partial charge >= 0.3 is 0 Å². The maximum absolute atomic E-state index is 13.2. The number of halogens is 1. The molecule has 1 aromatic carbocycles. The van der Waals surface area contributed by atoms with Gasteiger partial charge in [-0.15, -0.1) is 0 Å². The zero-order valence-electron chi connectivity index (χ0n) is 8.00. The summed E-state index contributed by atoms with van der Waals surface area (Å²) in [5.41, 5.74) is 5.72. The molecule has 1 unspecified atom stereocenters. The van der Waals surface area contributed by atoms with E-state index in [1.165, 1.54) is 12.1 Å². The summed E-state index contributed by atoms with van der Waals surface area (Å²) in [6, 6.07) is 2.69. The molecule has 0 spiro atoms. The lowest BCUT2D eigenvalue weighted by Gasteiger charge is -2.13. The highest BCUT2D eigenvalue weighted by Gasteiger charge is 2.17. The molecular weight excluding hydrogens is 185 g/mol. The second-order valence-electron chi connectivity index (χ2n) is 3.22. The molecule has 78 valence electrons. The number of aromatic hydroxyl groups is 1. The average Bonchev–Trinajstić information content (AvgIpc) is 2.13. The molecular formula is C10H14FNO2. The molecule has 4 N–H and O–H groups in total. The SMILES string of the molecule is Cc1ccc(F)c(C(O)CCN)c1O. The number of nitrogens with two attached hydrogens (primary N) is 1. The Balaban J connectivity index is 3.11. The molecule has 0 aliphatic rings. The van der Waals surface area contributed by atoms with Crippen molar-refractivity contribution < 1.29 is 14.6 Å². The molecule has 14 heavy (non-hydrogen) atoms. The molecule has 0 fully saturated rings. The van der Waals surface area contributed by atoms with Crippen LogP contribution >= 0.6 is 0 Å². The molecule has 0 heterocycles. The zero-order valence-corrected chi connectivity index (χ0v) is 8.00. The van der Waals surface area contributed by atoms with Gasteiger partial charge in [-0.25, -0.2) is 4.39 Å². The van der Waals surface area contributed by atoms with Crippen molar-refractivity contribution >= 4 is 0 Å². The van der Waals surface area contributed by atoms with E-state index in [2.05, 4.69) is 0 Å². The van der Waals surface area contributed by atoms with Crippen molar-refractivity contribution in [3.8, 4) is 5.75 Å². The topological polar surface area (TPSA) is 66.5 Å². The number of phenols is 1. The summed E-state index contributed by atoms with van der Waals surface area (Å²) in [6.07, 6.45) is -0.812. The fourth-order valence-electron chi connectivity index (χ4n) is 1.31. The smallest absolute Gasteiger partial charge is 0.132 e. The quantitative estimate of drug-likeness (QED) is 0.685. The van der Waals surface area contributed by atoms with Gasteiger partial charge in [0.25, 0.3) is 0 Å². The van der Waals surface area contributed by atoms with Crippen LogP contribution in [0.5, 0.6) is 5.75 Å². The highest BCUT2D eigenvalue weighted by Crippen LogP contribution is 2.31. The molecule has 1 atom stereocenters. The molecule has 0 bridgehead atoms. The summed E-state index contributed by atoms with van der Waals surface area (Å²) in [5, 5.41) is 19.1. The van der Waals surface area contributed by atoms with Gasteiger partial charge < -0.3 is 15.9 Å². The molecule has 0 radical (unpaired) electrons. The molecule has 0 aromatic heterocycles. The van der Waals surface area contributed by atoms with E-state index in [0.29, 0.717) is 5.56 Å². The zero-order chi connectivity index (χ0) is 10.7. The number of benzene rings is 1. The van der Waals surface area contributed by atoms with Crippen molar-refractivity contribution in [2.45, 2.75) is 19.4 Å². The third-order valence-electron chi connectivity index (χ3n) is 2.14. The fourth-order valence-corrected chi connectivity index (χ4v) is 1.31. The molecule has 1 aromatic rings. The van der Waals surface area contributed by atoms with E-state index >= 15 is 0 Å². The summed E-state index contributed by atoms with van der Waals surface area (Å²) in [4.78, 5) is 0. The Morgan fingerprint density at radius 3 is 2.71 bits per heavy atom. The van der Waals surface area contributed by atoms with Crippen molar-refractivity contribution in [3.63, 3.8) is 0 Å². The van der Waals surface area contributed by atoms with E-state index in [0.717, 1.165) is 0 Å². The Hall–Kier alpha value is -1.13. The van der Waals surface area contributed by atoms with Gasteiger partial charge in [-0.2, -0.15) is 0 Å². The van der Waals surface area contributed by atoms with Crippen LogP contribution in [0.25, 0.3) is 0 Å². The molecule has 0 saturated carbocycles. The monoisotopic (exact) mass is 199 g/mol. The Morgan fingerprint density at radius 1 is 1.50 bits per heavy atom. The van der Waals surface area contributed by atoms with E-state index in [-0.39, 0.29) is 24.3 Å². The molecule has 4 heteroatoms. The van der Waals surface area contributed by atoms with Gasteiger partial charge in [0, 0.05) is 0 Å². The predicted octanol–water partition coefficient (Wildman–Crippen LogP) is 1.22. The Morgan fingerprint density at radius 2 is 2.14 bits per heavy atom. The third kappa shape index (κ3) is 2.02. The normalized spacial score (nSPS) is 12.9. The minimum Gasteiger partial charge on any atom is -0.507 e. The summed E-state index contributed by atoms with van der Waals surface area (Å²) in [5.74, 6) is -0.792. The van der Waals surface area contributed by atoms with Gasteiger partial charge in [-0.1, -0.05) is 6.07 Å². The predicted molar refractivity (Wildman–Crippen MR) is 51.4 cm³/mol. The van der Waals surface area contributed by atoms with Gasteiger partial charge in [-0.05, 0) is 31.5 Å². The van der Waals surface area contributed by atoms with Crippen LogP contribution in [0.1, 0.15) is 23.7 Å². The number of hydrogen-bond acceptors (Lipinski definition) is 3. The number of hydrogen-bond donors (Lipinski definition) is 3. The van der Waals surface area contributed by atoms with Gasteiger partial charge in [0.2, 0.25) is 0 Å². The van der Waals surface area contributed by atoms with Crippen LogP contribution in [0.4, 0.5) is 4.39 Å². The number of aliphatic hydroxyl groups excluding tert-OH is 1. The standard InChI is InChI=1S/C10H14FNO2/c1-6-2-3-7(11)9(10(6)14)8(13)4-5-12/h2-3,8,13-14H,4-5,12H2,1H3. The second kappa shape index (κ2) is 4.39. The Bertz CT molecular complexity index is 328. The summed E-state index contributed by atoms with van der Waals surface area (Å²) in [7, 11) is 0. The number of aryl methyl sites for hydroxylation is 1. The van der Waals surface area contributed by atoms with Crippen molar-refractivity contribution in [2.75, 3.05) is 6.54 Å². The fraction of sp³-hybridized carbons (Fsp3) is 0.400. The Labute approximate surface area is 82.0 Å². The Kier molecular flexibility index (Phi) is 3.43. The minimum absolute atomic E-state index is 0.0598. The number of aliphatic hydroxyl groups is 1. The first kappa shape index (κ1) is 10.9. The van der Waals surface area contributed by atoms with Crippen LogP contribution in [-0.4, -0.2) is 16.8 Å². The van der Waals surface area contributed by atoms with Crippen LogP contribution in [0.15, 0.2) is 12.1 Å². The lowest BCUT2D eigenvalue weighted by Crippen LogP contribution is -2.08. The molecule has 0 amide bonds. The van der Waals surface area contributed by atoms with Crippen LogP contribution in [0.3, 0.4) is 0 Å². The van der Waals surface area contributed by atoms with E-state index in [1.54, 1.807) is 6.92 Å². The first-order valence-corrected chi connectivity index (χ1v) is 4.44. The van der Waals surface area contributed by atoms with Gasteiger partial charge in [-0.3, -0.25) is 0 Å². The summed E-state index contributed by atoms with van der Waals surface area (Å²) >= 11 is 0. The summed E-state index contributed by atoms with van der Waals surface area (Å²) < 4.78 is 13.2. The van der Waals surface area contributed by atoms with Crippen molar-refractivity contribution in [3.05, 3.63) is 29.1 Å². The van der Waals surface area contributed by atoms with Crippen LogP contribution in [-0.2, 0) is 0 Å². The number of phenolic OH excluding ortho intramolecular Hbond substituents is 1. The second-order valence-corrected chi connectivity index (χ2v) is 3.22. The third-order valence-corrected chi connectivity index (χ3v) is 2.14. The van der Waals surface area contributed by atoms with Crippen LogP contribution in [0.2, 0.25) is 0 Å². The van der Waals surface area contributed by atoms with Gasteiger partial charge in [0.05, 0.1) is 11.7 Å². The van der Waals surface area contributed by atoms with Crippen molar-refractivity contribution in [1.29, 1.82) is 0 Å². The first-order chi connectivity index (χ1) is 6.57. The molecule has 1 rings (SSSR count). The number of rotatable bonds is 3. The highest BCUT2D eigenvalue weighted by molar-refractivity contribution is 5.41. The minimum atomic E-state index is -1.04. The lowest BCUT2D eigenvalue weighted by molar-refractivity contribution is 0.161. The van der Waals surface area contributed by atoms with Gasteiger partial charge in [0.1, 0.15) is 11.6 Å². The van der Waals surface area contributed by atoms with Crippen molar-refractivity contribution in [1.82, 2.24) is 0 Å². The maximum atomic E-state index is 13.2. The van der Waals surface area contributed by atoms with Crippen molar-refractivity contribution in [2.24, 2.45) is 5.73 Å². The maximum Gasteiger partial charge on any atom is 0.132 e. The highest BCUT2D eigenvalue weighted by atomic mass is 19.1.